The van der Waals surface area contributed by atoms with Gasteiger partial charge in [-0.15, -0.1) is 0 Å². The van der Waals surface area contributed by atoms with Crippen LogP contribution in [0.3, 0.4) is 0 Å². The van der Waals surface area contributed by atoms with Gasteiger partial charge in [0, 0.05) is 18.0 Å². The van der Waals surface area contributed by atoms with Gasteiger partial charge in [0.1, 0.15) is 5.75 Å². The lowest BCUT2D eigenvalue weighted by Gasteiger charge is -2.30. The van der Waals surface area contributed by atoms with Crippen molar-refractivity contribution in [3.63, 3.8) is 0 Å². The Balaban J connectivity index is 1.90. The van der Waals surface area contributed by atoms with Crippen LogP contribution in [-0.2, 0) is 11.3 Å². The van der Waals surface area contributed by atoms with Crippen LogP contribution < -0.4 is 10.1 Å². The first kappa shape index (κ1) is 18.7. The summed E-state index contributed by atoms with van der Waals surface area (Å²) >= 11 is 0. The minimum absolute atomic E-state index is 0.266. The van der Waals surface area contributed by atoms with Crippen LogP contribution in [0.25, 0.3) is 10.8 Å². The number of hydrogen-bond acceptors (Lipinski definition) is 3. The lowest BCUT2D eigenvalue weighted by molar-refractivity contribution is -0.134. The van der Waals surface area contributed by atoms with Gasteiger partial charge in [0.25, 0.3) is 0 Å². The molecule has 1 aliphatic rings. The van der Waals surface area contributed by atoms with Crippen LogP contribution >= 0.6 is 0 Å². The Bertz CT molecular complexity index is 738. The molecule has 0 radical (unpaired) electrons. The summed E-state index contributed by atoms with van der Waals surface area (Å²) in [6.07, 6.45) is 6.15. The van der Waals surface area contributed by atoms with E-state index in [1.54, 1.807) is 7.11 Å². The number of hydrogen-bond donors (Lipinski definition) is 1. The van der Waals surface area contributed by atoms with Gasteiger partial charge < -0.3 is 15.0 Å². The van der Waals surface area contributed by atoms with Crippen LogP contribution in [0, 0.1) is 0 Å². The molecule has 0 saturated heterocycles. The fourth-order valence-corrected chi connectivity index (χ4v) is 4.04. The summed E-state index contributed by atoms with van der Waals surface area (Å²) in [6, 6.07) is 12.8. The molecule has 2 aromatic rings. The van der Waals surface area contributed by atoms with Crippen LogP contribution in [0.15, 0.2) is 36.4 Å². The standard InChI is InChI=1S/C22H30N2O2/c1-23-15-7-12-22(25)24(18-9-4-5-10-18)16-20-19-11-6-3-8-17(19)13-14-21(20)26-2/h3,6,8,11,13-14,18,23H,4-5,7,9-10,12,15-16H2,1-2H3. The number of benzene rings is 2. The van der Waals surface area contributed by atoms with Crippen LogP contribution in [0.4, 0.5) is 0 Å². The van der Waals surface area contributed by atoms with Crippen molar-refractivity contribution in [2.75, 3.05) is 20.7 Å². The highest BCUT2D eigenvalue weighted by Crippen LogP contribution is 2.32. The molecule has 0 unspecified atom stereocenters. The molecular weight excluding hydrogens is 324 g/mol. The van der Waals surface area contributed by atoms with Crippen LogP contribution in [0.5, 0.6) is 5.75 Å². The maximum absolute atomic E-state index is 13.0. The molecule has 0 spiro atoms. The SMILES string of the molecule is CNCCCC(=O)N(Cc1c(OC)ccc2ccccc12)C1CCCC1. The summed E-state index contributed by atoms with van der Waals surface area (Å²) in [5, 5.41) is 5.50. The Kier molecular flexibility index (Phi) is 6.51. The predicted molar refractivity (Wildman–Crippen MR) is 106 cm³/mol. The van der Waals surface area contributed by atoms with Crippen LogP contribution in [0.1, 0.15) is 44.1 Å². The summed E-state index contributed by atoms with van der Waals surface area (Å²) in [5.74, 6) is 1.14. The molecule has 26 heavy (non-hydrogen) atoms. The Morgan fingerprint density at radius 2 is 1.96 bits per heavy atom. The van der Waals surface area contributed by atoms with E-state index in [1.165, 1.54) is 23.6 Å². The van der Waals surface area contributed by atoms with E-state index in [1.807, 2.05) is 13.1 Å². The number of ether oxygens (including phenoxy) is 1. The minimum Gasteiger partial charge on any atom is -0.496 e. The van der Waals surface area contributed by atoms with Gasteiger partial charge in [-0.1, -0.05) is 43.2 Å². The van der Waals surface area contributed by atoms with E-state index in [0.29, 0.717) is 19.0 Å². The minimum atomic E-state index is 0.266. The molecule has 2 aromatic carbocycles. The molecule has 4 nitrogen and oxygen atoms in total. The summed E-state index contributed by atoms with van der Waals surface area (Å²) in [5.41, 5.74) is 1.12. The molecule has 3 rings (SSSR count). The maximum Gasteiger partial charge on any atom is 0.223 e. The summed E-state index contributed by atoms with van der Waals surface area (Å²) in [7, 11) is 3.64. The van der Waals surface area contributed by atoms with E-state index < -0.39 is 0 Å². The van der Waals surface area contributed by atoms with Crippen molar-refractivity contribution in [1.82, 2.24) is 10.2 Å². The van der Waals surface area contributed by atoms with Crippen molar-refractivity contribution in [1.29, 1.82) is 0 Å². The largest absolute Gasteiger partial charge is 0.496 e. The Morgan fingerprint density at radius 1 is 1.19 bits per heavy atom. The predicted octanol–water partition coefficient (Wildman–Crippen LogP) is 4.12. The monoisotopic (exact) mass is 354 g/mol. The lowest BCUT2D eigenvalue weighted by atomic mass is 10.0. The molecule has 0 heterocycles. The Hall–Kier alpha value is -2.07. The van der Waals surface area contributed by atoms with Gasteiger partial charge in [-0.2, -0.15) is 0 Å². The first-order chi connectivity index (χ1) is 12.7. The summed E-state index contributed by atoms with van der Waals surface area (Å²) < 4.78 is 5.65. The fourth-order valence-electron chi connectivity index (χ4n) is 4.04. The zero-order valence-electron chi connectivity index (χ0n) is 16.0. The second-order valence-corrected chi connectivity index (χ2v) is 7.13. The van der Waals surface area contributed by atoms with E-state index in [0.717, 1.165) is 37.1 Å². The third-order valence-corrected chi connectivity index (χ3v) is 5.45. The molecule has 1 fully saturated rings. The van der Waals surface area contributed by atoms with Crippen LogP contribution in [-0.4, -0.2) is 37.6 Å². The summed E-state index contributed by atoms with van der Waals surface area (Å²) in [4.78, 5) is 15.1. The van der Waals surface area contributed by atoms with Crippen molar-refractivity contribution in [3.05, 3.63) is 42.0 Å². The average molecular weight is 354 g/mol. The number of nitrogens with one attached hydrogen (secondary N) is 1. The lowest BCUT2D eigenvalue weighted by Crippen LogP contribution is -2.38. The third-order valence-electron chi connectivity index (χ3n) is 5.45. The Labute approximate surface area is 156 Å². The van der Waals surface area contributed by atoms with Gasteiger partial charge in [0.15, 0.2) is 0 Å². The number of carbonyl (C=O) groups excluding carboxylic acids is 1. The number of nitrogens with zero attached hydrogens (tertiary/aromatic N) is 1. The fraction of sp³-hybridized carbons (Fsp3) is 0.500. The smallest absolute Gasteiger partial charge is 0.223 e. The molecule has 1 saturated carbocycles. The average Bonchev–Trinajstić information content (AvgIpc) is 3.20. The highest BCUT2D eigenvalue weighted by Gasteiger charge is 2.27. The van der Waals surface area contributed by atoms with Gasteiger partial charge in [-0.25, -0.2) is 0 Å². The van der Waals surface area contributed by atoms with Crippen molar-refractivity contribution in [3.8, 4) is 5.75 Å². The topological polar surface area (TPSA) is 41.6 Å². The maximum atomic E-state index is 13.0. The van der Waals surface area contributed by atoms with E-state index in [4.69, 9.17) is 4.74 Å². The molecule has 0 atom stereocenters. The van der Waals surface area contributed by atoms with Crippen molar-refractivity contribution >= 4 is 16.7 Å². The zero-order valence-corrected chi connectivity index (χ0v) is 16.0. The molecule has 1 aliphatic carbocycles. The van der Waals surface area contributed by atoms with E-state index in [2.05, 4.69) is 40.5 Å². The zero-order chi connectivity index (χ0) is 18.4. The highest BCUT2D eigenvalue weighted by molar-refractivity contribution is 5.88. The number of methoxy groups -OCH3 is 1. The van der Waals surface area contributed by atoms with Crippen molar-refractivity contribution in [2.24, 2.45) is 0 Å². The van der Waals surface area contributed by atoms with Gasteiger partial charge in [0.2, 0.25) is 5.91 Å². The molecule has 0 bridgehead atoms. The van der Waals surface area contributed by atoms with Gasteiger partial charge in [0.05, 0.1) is 13.7 Å². The third kappa shape index (κ3) is 4.18. The van der Waals surface area contributed by atoms with Crippen LogP contribution in [0.2, 0.25) is 0 Å². The quantitative estimate of drug-likeness (QED) is 0.725. The number of fused-ring (bicyclic) bond motifs is 1. The normalized spacial score (nSPS) is 14.7. The first-order valence-electron chi connectivity index (χ1n) is 9.73. The van der Waals surface area contributed by atoms with Crippen molar-refractivity contribution in [2.45, 2.75) is 51.1 Å². The van der Waals surface area contributed by atoms with E-state index >= 15 is 0 Å². The molecule has 140 valence electrons. The van der Waals surface area contributed by atoms with Gasteiger partial charge >= 0.3 is 0 Å². The van der Waals surface area contributed by atoms with Gasteiger partial charge in [-0.3, -0.25) is 4.79 Å². The summed E-state index contributed by atoms with van der Waals surface area (Å²) in [6.45, 7) is 1.51. The number of carbonyl (C=O) groups is 1. The Morgan fingerprint density at radius 3 is 2.69 bits per heavy atom. The molecular formula is C22H30N2O2. The molecule has 0 aliphatic heterocycles. The van der Waals surface area contributed by atoms with Gasteiger partial charge in [-0.05, 0) is 49.7 Å². The number of amides is 1. The molecule has 4 heteroatoms. The highest BCUT2D eigenvalue weighted by atomic mass is 16.5. The molecule has 1 amide bonds. The van der Waals surface area contributed by atoms with Crippen molar-refractivity contribution < 1.29 is 9.53 Å². The van der Waals surface area contributed by atoms with E-state index in [9.17, 15) is 4.79 Å². The number of rotatable bonds is 8. The molecule has 0 aromatic heterocycles. The molecule has 1 N–H and O–H groups in total. The first-order valence-corrected chi connectivity index (χ1v) is 9.73. The second kappa shape index (κ2) is 9.04. The van der Waals surface area contributed by atoms with E-state index in [-0.39, 0.29) is 5.91 Å². The second-order valence-electron chi connectivity index (χ2n) is 7.13.